The number of likely N-dealkylation sites (tertiary alicyclic amines) is 1. The lowest BCUT2D eigenvalue weighted by Crippen LogP contribution is -2.35. The summed E-state index contributed by atoms with van der Waals surface area (Å²) in [6.07, 6.45) is 1.03. The Hall–Kier alpha value is -1.83. The fraction of sp³-hybridized carbons (Fsp3) is 0.438. The molecule has 1 aromatic carbocycles. The van der Waals surface area contributed by atoms with Gasteiger partial charge in [0.2, 0.25) is 5.91 Å². The van der Waals surface area contributed by atoms with Gasteiger partial charge in [-0.1, -0.05) is 24.0 Å². The van der Waals surface area contributed by atoms with Crippen LogP contribution in [-0.2, 0) is 11.3 Å². The Kier molecular flexibility index (Phi) is 5.16. The number of benzene rings is 1. The maximum atomic E-state index is 11.0. The first-order chi connectivity index (χ1) is 9.67. The third kappa shape index (κ3) is 4.37. The molecular formula is C16H21N3O. The summed E-state index contributed by atoms with van der Waals surface area (Å²) in [7, 11) is 0. The molecule has 0 saturated carbocycles. The third-order valence-corrected chi connectivity index (χ3v) is 3.37. The van der Waals surface area contributed by atoms with Crippen LogP contribution < -0.4 is 11.1 Å². The van der Waals surface area contributed by atoms with Crippen molar-refractivity contribution in [3.63, 3.8) is 0 Å². The van der Waals surface area contributed by atoms with Crippen molar-refractivity contribution < 1.29 is 4.79 Å². The zero-order valence-corrected chi connectivity index (χ0v) is 11.9. The van der Waals surface area contributed by atoms with E-state index in [-0.39, 0.29) is 5.91 Å². The van der Waals surface area contributed by atoms with Gasteiger partial charge >= 0.3 is 0 Å². The molecule has 4 nitrogen and oxygen atoms in total. The van der Waals surface area contributed by atoms with Crippen LogP contribution in [0.15, 0.2) is 24.3 Å². The Morgan fingerprint density at radius 1 is 1.45 bits per heavy atom. The van der Waals surface area contributed by atoms with Crippen molar-refractivity contribution >= 4 is 5.91 Å². The highest BCUT2D eigenvalue weighted by atomic mass is 16.1. The molecule has 2 rings (SSSR count). The number of nitrogens with zero attached hydrogens (tertiary/aromatic N) is 1. The van der Waals surface area contributed by atoms with Crippen molar-refractivity contribution in [3.05, 3.63) is 35.4 Å². The molecule has 1 unspecified atom stereocenters. The maximum Gasteiger partial charge on any atom is 0.217 e. The van der Waals surface area contributed by atoms with E-state index in [4.69, 9.17) is 5.73 Å². The molecule has 4 heteroatoms. The molecule has 1 aromatic rings. The molecule has 0 bridgehead atoms. The minimum atomic E-state index is 0.0553. The Morgan fingerprint density at radius 2 is 2.20 bits per heavy atom. The highest BCUT2D eigenvalue weighted by Crippen LogP contribution is 2.14. The lowest BCUT2D eigenvalue weighted by Gasteiger charge is -2.16. The second kappa shape index (κ2) is 7.09. The van der Waals surface area contributed by atoms with E-state index in [1.54, 1.807) is 6.92 Å². The Balaban J connectivity index is 1.86. The predicted octanol–water partition coefficient (Wildman–Crippen LogP) is 0.707. The van der Waals surface area contributed by atoms with Crippen LogP contribution in [0.5, 0.6) is 0 Å². The molecule has 1 atom stereocenters. The van der Waals surface area contributed by atoms with Crippen LogP contribution in [0.25, 0.3) is 0 Å². The van der Waals surface area contributed by atoms with Gasteiger partial charge in [-0.05, 0) is 24.1 Å². The summed E-state index contributed by atoms with van der Waals surface area (Å²) in [5.74, 6) is 5.92. The molecule has 0 aromatic heterocycles. The van der Waals surface area contributed by atoms with Gasteiger partial charge < -0.3 is 11.1 Å². The quantitative estimate of drug-likeness (QED) is 0.796. The number of carbonyl (C=O) groups is 1. The molecule has 0 radical (unpaired) electrons. The molecule has 0 spiro atoms. The fourth-order valence-corrected chi connectivity index (χ4v) is 2.49. The van der Waals surface area contributed by atoms with Crippen LogP contribution in [-0.4, -0.2) is 36.5 Å². The maximum absolute atomic E-state index is 11.0. The highest BCUT2D eigenvalue weighted by molar-refractivity contribution is 5.73. The van der Waals surface area contributed by atoms with Crippen LogP contribution in [0.2, 0.25) is 0 Å². The second-order valence-corrected chi connectivity index (χ2v) is 5.12. The molecule has 1 aliphatic rings. The van der Waals surface area contributed by atoms with E-state index in [1.165, 1.54) is 5.56 Å². The van der Waals surface area contributed by atoms with Crippen molar-refractivity contribution in [2.24, 2.45) is 5.73 Å². The van der Waals surface area contributed by atoms with Gasteiger partial charge in [-0.3, -0.25) is 9.69 Å². The summed E-state index contributed by atoms with van der Waals surface area (Å²) in [4.78, 5) is 13.4. The van der Waals surface area contributed by atoms with Gasteiger partial charge in [0, 0.05) is 38.2 Å². The van der Waals surface area contributed by atoms with E-state index in [1.807, 2.05) is 12.1 Å². The fourth-order valence-electron chi connectivity index (χ4n) is 2.49. The van der Waals surface area contributed by atoms with Crippen molar-refractivity contribution in [1.29, 1.82) is 0 Å². The molecule has 106 valence electrons. The Bertz CT molecular complexity index is 513. The molecule has 3 N–H and O–H groups in total. The number of carbonyl (C=O) groups excluding carboxylic acids is 1. The summed E-state index contributed by atoms with van der Waals surface area (Å²) >= 11 is 0. The molecule has 20 heavy (non-hydrogen) atoms. The van der Waals surface area contributed by atoms with E-state index in [2.05, 4.69) is 34.2 Å². The molecule has 1 aliphatic heterocycles. The first-order valence-electron chi connectivity index (χ1n) is 6.94. The first-order valence-corrected chi connectivity index (χ1v) is 6.94. The number of hydrogen-bond donors (Lipinski definition) is 2. The van der Waals surface area contributed by atoms with Gasteiger partial charge in [0.05, 0.1) is 6.54 Å². The zero-order valence-electron chi connectivity index (χ0n) is 11.9. The Labute approximate surface area is 120 Å². The topological polar surface area (TPSA) is 58.4 Å². The molecule has 0 aliphatic carbocycles. The smallest absolute Gasteiger partial charge is 0.217 e. The second-order valence-electron chi connectivity index (χ2n) is 5.12. The number of rotatable bonds is 3. The largest absolute Gasteiger partial charge is 0.352 e. The number of nitrogens with two attached hydrogens (primary N) is 1. The van der Waals surface area contributed by atoms with Gasteiger partial charge in [0.15, 0.2) is 0 Å². The van der Waals surface area contributed by atoms with Gasteiger partial charge in [-0.2, -0.15) is 0 Å². The molecule has 1 saturated heterocycles. The van der Waals surface area contributed by atoms with E-state index >= 15 is 0 Å². The molecule has 1 amide bonds. The normalized spacial score (nSPS) is 18.4. The monoisotopic (exact) mass is 271 g/mol. The minimum Gasteiger partial charge on any atom is -0.352 e. The first kappa shape index (κ1) is 14.6. The van der Waals surface area contributed by atoms with E-state index < -0.39 is 0 Å². The van der Waals surface area contributed by atoms with Crippen molar-refractivity contribution in [2.45, 2.75) is 25.9 Å². The van der Waals surface area contributed by atoms with Crippen LogP contribution in [0.3, 0.4) is 0 Å². The standard InChI is InChI=1S/C16H21N3O/c1-13(20)18-16-8-10-19(12-16)11-15-6-4-14(5-7-15)3-2-9-17/h4-7,16H,8-12,17H2,1H3,(H,18,20). The lowest BCUT2D eigenvalue weighted by atomic mass is 10.1. The van der Waals surface area contributed by atoms with Crippen molar-refractivity contribution in [2.75, 3.05) is 19.6 Å². The van der Waals surface area contributed by atoms with Gasteiger partial charge in [0.25, 0.3) is 0 Å². The number of nitrogens with one attached hydrogen (secondary N) is 1. The summed E-state index contributed by atoms with van der Waals surface area (Å²) in [6.45, 7) is 4.83. The van der Waals surface area contributed by atoms with Crippen molar-refractivity contribution in [3.8, 4) is 11.8 Å². The molecule has 1 fully saturated rings. The summed E-state index contributed by atoms with van der Waals surface area (Å²) < 4.78 is 0. The molecule has 1 heterocycles. The van der Waals surface area contributed by atoms with E-state index in [0.29, 0.717) is 12.6 Å². The average molecular weight is 271 g/mol. The number of amides is 1. The SMILES string of the molecule is CC(=O)NC1CCN(Cc2ccc(C#CCN)cc2)C1. The minimum absolute atomic E-state index is 0.0553. The highest BCUT2D eigenvalue weighted by Gasteiger charge is 2.22. The van der Waals surface area contributed by atoms with Crippen LogP contribution >= 0.6 is 0 Å². The predicted molar refractivity (Wildman–Crippen MR) is 79.9 cm³/mol. The molecular weight excluding hydrogens is 250 g/mol. The van der Waals surface area contributed by atoms with Crippen LogP contribution in [0.4, 0.5) is 0 Å². The van der Waals surface area contributed by atoms with Crippen molar-refractivity contribution in [1.82, 2.24) is 10.2 Å². The zero-order chi connectivity index (χ0) is 14.4. The summed E-state index contributed by atoms with van der Waals surface area (Å²) in [6, 6.07) is 8.55. The van der Waals surface area contributed by atoms with Gasteiger partial charge in [0.1, 0.15) is 0 Å². The number of hydrogen-bond acceptors (Lipinski definition) is 3. The Morgan fingerprint density at radius 3 is 2.85 bits per heavy atom. The third-order valence-electron chi connectivity index (χ3n) is 3.37. The summed E-state index contributed by atoms with van der Waals surface area (Å²) in [5, 5.41) is 2.98. The van der Waals surface area contributed by atoms with Crippen LogP contribution in [0.1, 0.15) is 24.5 Å². The van der Waals surface area contributed by atoms with E-state index in [0.717, 1.165) is 31.6 Å². The van der Waals surface area contributed by atoms with Gasteiger partial charge in [-0.25, -0.2) is 0 Å². The average Bonchev–Trinajstić information content (AvgIpc) is 2.84. The summed E-state index contributed by atoms with van der Waals surface area (Å²) in [5.41, 5.74) is 7.62. The van der Waals surface area contributed by atoms with Crippen LogP contribution in [0, 0.1) is 11.8 Å². The lowest BCUT2D eigenvalue weighted by molar-refractivity contribution is -0.119. The van der Waals surface area contributed by atoms with Gasteiger partial charge in [-0.15, -0.1) is 0 Å². The van der Waals surface area contributed by atoms with E-state index in [9.17, 15) is 4.79 Å².